The predicted molar refractivity (Wildman–Crippen MR) is 89.0 cm³/mol. The number of likely N-dealkylation sites (tertiary alicyclic amines) is 1. The molecule has 0 radical (unpaired) electrons. The van der Waals surface area contributed by atoms with Crippen LogP contribution in [0.4, 0.5) is 4.79 Å². The Morgan fingerprint density at radius 3 is 2.57 bits per heavy atom. The third-order valence-corrected chi connectivity index (χ3v) is 4.73. The number of benzene rings is 1. The number of amides is 2. The second-order valence-corrected chi connectivity index (χ2v) is 7.01. The van der Waals surface area contributed by atoms with E-state index in [4.69, 9.17) is 9.47 Å². The van der Waals surface area contributed by atoms with Crippen LogP contribution in [0.5, 0.6) is 11.5 Å². The Bertz CT molecular complexity index is 563. The van der Waals surface area contributed by atoms with E-state index in [2.05, 4.69) is 19.2 Å². The van der Waals surface area contributed by atoms with Crippen molar-refractivity contribution in [3.8, 4) is 11.5 Å². The third-order valence-electron chi connectivity index (χ3n) is 4.73. The molecule has 5 nitrogen and oxygen atoms in total. The molecule has 0 aliphatic carbocycles. The van der Waals surface area contributed by atoms with E-state index < -0.39 is 0 Å². The lowest BCUT2D eigenvalue weighted by molar-refractivity contribution is 0.174. The Labute approximate surface area is 137 Å². The van der Waals surface area contributed by atoms with Gasteiger partial charge in [-0.15, -0.1) is 0 Å². The topological polar surface area (TPSA) is 50.8 Å². The van der Waals surface area contributed by atoms with E-state index in [1.165, 1.54) is 12.8 Å². The van der Waals surface area contributed by atoms with E-state index in [1.54, 1.807) is 0 Å². The summed E-state index contributed by atoms with van der Waals surface area (Å²) >= 11 is 0. The number of carbonyl (C=O) groups excluding carboxylic acids is 1. The largest absolute Gasteiger partial charge is 0.454 e. The summed E-state index contributed by atoms with van der Waals surface area (Å²) in [7, 11) is 0. The zero-order valence-electron chi connectivity index (χ0n) is 14.1. The summed E-state index contributed by atoms with van der Waals surface area (Å²) in [5.41, 5.74) is 0.973. The standard InChI is InChI=1S/C18H26N2O3/c1-18(2,14-7-8-15-16(11-14)23-13-22-15)12-19-17(21)20-9-5-3-4-6-10-20/h7-8,11H,3-6,9-10,12-13H2,1-2H3,(H,19,21). The number of nitrogens with one attached hydrogen (secondary N) is 1. The van der Waals surface area contributed by atoms with E-state index in [0.717, 1.165) is 43.0 Å². The quantitative estimate of drug-likeness (QED) is 0.930. The first kappa shape index (κ1) is 16.0. The van der Waals surface area contributed by atoms with Gasteiger partial charge >= 0.3 is 6.03 Å². The number of fused-ring (bicyclic) bond motifs is 1. The van der Waals surface area contributed by atoms with Gasteiger partial charge in [-0.05, 0) is 30.5 Å². The molecule has 2 amide bonds. The minimum Gasteiger partial charge on any atom is -0.454 e. The predicted octanol–water partition coefficient (Wildman–Crippen LogP) is 3.28. The molecule has 2 aliphatic heterocycles. The van der Waals surface area contributed by atoms with Crippen molar-refractivity contribution in [3.63, 3.8) is 0 Å². The molecular weight excluding hydrogens is 292 g/mol. The van der Waals surface area contributed by atoms with Crippen LogP contribution in [0.2, 0.25) is 0 Å². The van der Waals surface area contributed by atoms with Gasteiger partial charge in [0.1, 0.15) is 0 Å². The highest BCUT2D eigenvalue weighted by Gasteiger charge is 2.25. The maximum atomic E-state index is 12.4. The number of carbonyl (C=O) groups is 1. The summed E-state index contributed by atoms with van der Waals surface area (Å²) in [4.78, 5) is 14.3. The van der Waals surface area contributed by atoms with Crippen LogP contribution < -0.4 is 14.8 Å². The molecule has 1 N–H and O–H groups in total. The van der Waals surface area contributed by atoms with Crippen molar-refractivity contribution >= 4 is 6.03 Å². The molecule has 3 rings (SSSR count). The highest BCUT2D eigenvalue weighted by atomic mass is 16.7. The fourth-order valence-corrected chi connectivity index (χ4v) is 3.10. The van der Waals surface area contributed by atoms with Crippen LogP contribution in [0.25, 0.3) is 0 Å². The van der Waals surface area contributed by atoms with E-state index in [9.17, 15) is 4.79 Å². The lowest BCUT2D eigenvalue weighted by Gasteiger charge is -2.28. The fourth-order valence-electron chi connectivity index (χ4n) is 3.10. The highest BCUT2D eigenvalue weighted by Crippen LogP contribution is 2.36. The maximum absolute atomic E-state index is 12.4. The Kier molecular flexibility index (Phi) is 4.64. The van der Waals surface area contributed by atoms with Crippen molar-refractivity contribution in [1.82, 2.24) is 10.2 Å². The molecule has 1 aromatic rings. The number of hydrogen-bond donors (Lipinski definition) is 1. The van der Waals surface area contributed by atoms with Crippen LogP contribution in [0, 0.1) is 0 Å². The second-order valence-electron chi connectivity index (χ2n) is 7.01. The van der Waals surface area contributed by atoms with Crippen molar-refractivity contribution < 1.29 is 14.3 Å². The van der Waals surface area contributed by atoms with Crippen LogP contribution >= 0.6 is 0 Å². The molecule has 23 heavy (non-hydrogen) atoms. The molecule has 1 aromatic carbocycles. The average molecular weight is 318 g/mol. The lowest BCUT2D eigenvalue weighted by Crippen LogP contribution is -2.45. The van der Waals surface area contributed by atoms with Gasteiger partial charge in [-0.2, -0.15) is 0 Å². The normalized spacial score (nSPS) is 17.7. The molecule has 0 bridgehead atoms. The van der Waals surface area contributed by atoms with Gasteiger partial charge in [0.15, 0.2) is 11.5 Å². The van der Waals surface area contributed by atoms with Gasteiger partial charge in [0.2, 0.25) is 6.79 Å². The molecule has 0 unspecified atom stereocenters. The summed E-state index contributed by atoms with van der Waals surface area (Å²) in [5.74, 6) is 1.58. The van der Waals surface area contributed by atoms with Crippen LogP contribution in [-0.2, 0) is 5.41 Å². The molecule has 0 atom stereocenters. The summed E-state index contributed by atoms with van der Waals surface area (Å²) < 4.78 is 10.8. The minimum atomic E-state index is -0.164. The summed E-state index contributed by atoms with van der Waals surface area (Å²) in [5, 5.41) is 3.10. The lowest BCUT2D eigenvalue weighted by atomic mass is 9.84. The van der Waals surface area contributed by atoms with Gasteiger partial charge in [-0.1, -0.05) is 32.8 Å². The number of urea groups is 1. The number of hydrogen-bond acceptors (Lipinski definition) is 3. The van der Waals surface area contributed by atoms with Gasteiger partial charge < -0.3 is 19.7 Å². The average Bonchev–Trinajstić information content (AvgIpc) is 2.84. The van der Waals surface area contributed by atoms with Crippen LogP contribution in [0.1, 0.15) is 45.1 Å². The Morgan fingerprint density at radius 2 is 1.83 bits per heavy atom. The molecule has 2 heterocycles. The van der Waals surface area contributed by atoms with Gasteiger partial charge in [0, 0.05) is 25.0 Å². The number of ether oxygens (including phenoxy) is 2. The second kappa shape index (κ2) is 6.69. The molecule has 0 spiro atoms. The zero-order valence-corrected chi connectivity index (χ0v) is 14.1. The van der Waals surface area contributed by atoms with Crippen molar-refractivity contribution in [2.75, 3.05) is 26.4 Å². The molecule has 0 saturated carbocycles. The SMILES string of the molecule is CC(C)(CNC(=O)N1CCCCCC1)c1ccc2c(c1)OCO2. The summed E-state index contributed by atoms with van der Waals surface area (Å²) in [6.07, 6.45) is 4.68. The van der Waals surface area contributed by atoms with Crippen LogP contribution in [0.15, 0.2) is 18.2 Å². The summed E-state index contributed by atoms with van der Waals surface area (Å²) in [6.45, 7) is 6.89. The van der Waals surface area contributed by atoms with Crippen LogP contribution in [0.3, 0.4) is 0 Å². The Balaban J connectivity index is 1.60. The Hall–Kier alpha value is -1.91. The van der Waals surface area contributed by atoms with E-state index in [0.29, 0.717) is 6.54 Å². The van der Waals surface area contributed by atoms with E-state index >= 15 is 0 Å². The van der Waals surface area contributed by atoms with Gasteiger partial charge in [-0.25, -0.2) is 4.79 Å². The minimum absolute atomic E-state index is 0.0562. The van der Waals surface area contributed by atoms with Gasteiger partial charge in [0.05, 0.1) is 0 Å². The van der Waals surface area contributed by atoms with Crippen molar-refractivity contribution in [3.05, 3.63) is 23.8 Å². The molecular formula is C18H26N2O3. The van der Waals surface area contributed by atoms with Crippen molar-refractivity contribution in [1.29, 1.82) is 0 Å². The molecule has 5 heteroatoms. The first-order chi connectivity index (χ1) is 11.1. The number of rotatable bonds is 3. The number of nitrogens with zero attached hydrogens (tertiary/aromatic N) is 1. The van der Waals surface area contributed by atoms with Crippen LogP contribution in [-0.4, -0.2) is 37.4 Å². The first-order valence-electron chi connectivity index (χ1n) is 8.49. The molecule has 1 saturated heterocycles. The monoisotopic (exact) mass is 318 g/mol. The maximum Gasteiger partial charge on any atom is 0.317 e. The van der Waals surface area contributed by atoms with E-state index in [1.807, 2.05) is 23.1 Å². The fraction of sp³-hybridized carbons (Fsp3) is 0.611. The zero-order chi connectivity index (χ0) is 16.3. The smallest absolute Gasteiger partial charge is 0.317 e. The molecule has 1 fully saturated rings. The first-order valence-corrected chi connectivity index (χ1v) is 8.49. The Morgan fingerprint density at radius 1 is 1.13 bits per heavy atom. The third kappa shape index (κ3) is 3.71. The van der Waals surface area contributed by atoms with Gasteiger partial charge in [0.25, 0.3) is 0 Å². The highest BCUT2D eigenvalue weighted by molar-refractivity contribution is 5.74. The summed E-state index contributed by atoms with van der Waals surface area (Å²) in [6, 6.07) is 6.06. The molecule has 126 valence electrons. The van der Waals surface area contributed by atoms with Crippen molar-refractivity contribution in [2.24, 2.45) is 0 Å². The molecule has 2 aliphatic rings. The van der Waals surface area contributed by atoms with Gasteiger partial charge in [-0.3, -0.25) is 0 Å². The van der Waals surface area contributed by atoms with E-state index in [-0.39, 0.29) is 18.2 Å². The van der Waals surface area contributed by atoms with Crippen molar-refractivity contribution in [2.45, 2.75) is 44.9 Å². The molecule has 0 aromatic heterocycles.